The van der Waals surface area contributed by atoms with Crippen LogP contribution >= 0.6 is 0 Å². The molecule has 0 saturated carbocycles. The van der Waals surface area contributed by atoms with E-state index in [1.54, 1.807) is 0 Å². The van der Waals surface area contributed by atoms with Crippen LogP contribution in [0, 0.1) is 0 Å². The Balaban J connectivity index is 3.25. The van der Waals surface area contributed by atoms with Crippen molar-refractivity contribution in [1.29, 1.82) is 0 Å². The molecule has 13 heavy (non-hydrogen) atoms. The number of hydrogen-bond acceptors (Lipinski definition) is 5. The van der Waals surface area contributed by atoms with Gasteiger partial charge in [-0.25, -0.2) is 0 Å². The van der Waals surface area contributed by atoms with Gasteiger partial charge < -0.3 is 19.4 Å². The van der Waals surface area contributed by atoms with Gasteiger partial charge in [0.25, 0.3) is 0 Å². The number of esters is 1. The lowest BCUT2D eigenvalue weighted by Crippen LogP contribution is -2.23. The smallest absolute Gasteiger partial charge is 0.306 e. The molecule has 0 aliphatic rings. The van der Waals surface area contributed by atoms with Gasteiger partial charge in [-0.05, 0) is 13.3 Å². The molecule has 0 aliphatic carbocycles. The molecule has 0 atom stereocenters. The first-order valence-corrected chi connectivity index (χ1v) is 4.10. The lowest BCUT2D eigenvalue weighted by atomic mass is 10.3. The van der Waals surface area contributed by atoms with E-state index in [0.717, 1.165) is 0 Å². The Labute approximate surface area is 76.6 Å². The fourth-order valence-corrected chi connectivity index (χ4v) is 0.635. The summed E-state index contributed by atoms with van der Waals surface area (Å²) in [7, 11) is 0. The van der Waals surface area contributed by atoms with E-state index in [4.69, 9.17) is 4.74 Å². The van der Waals surface area contributed by atoms with Gasteiger partial charge in [0.15, 0.2) is 0 Å². The van der Waals surface area contributed by atoms with Crippen molar-refractivity contribution >= 4 is 11.9 Å². The SMILES string of the molecule is CCOCCOC(=O)CCC(=O)[O-]. The number of carbonyl (C=O) groups excluding carboxylic acids is 2. The molecule has 5 heteroatoms. The zero-order chi connectivity index (χ0) is 10.1. The highest BCUT2D eigenvalue weighted by molar-refractivity contribution is 5.75. The van der Waals surface area contributed by atoms with Crippen molar-refractivity contribution < 1.29 is 24.2 Å². The lowest BCUT2D eigenvalue weighted by Gasteiger charge is -2.04. The standard InChI is InChI=1S/C8H14O5/c1-2-12-5-6-13-8(11)4-3-7(9)10/h2-6H2,1H3,(H,9,10)/p-1. The average molecular weight is 189 g/mol. The predicted octanol–water partition coefficient (Wildman–Crippen LogP) is -0.904. The molecule has 0 aromatic heterocycles. The molecule has 0 spiro atoms. The van der Waals surface area contributed by atoms with Gasteiger partial charge in [0.2, 0.25) is 0 Å². The van der Waals surface area contributed by atoms with Gasteiger partial charge in [-0.2, -0.15) is 0 Å². The van der Waals surface area contributed by atoms with Gasteiger partial charge in [-0.3, -0.25) is 4.79 Å². The van der Waals surface area contributed by atoms with E-state index in [9.17, 15) is 14.7 Å². The second-order valence-corrected chi connectivity index (χ2v) is 2.29. The van der Waals surface area contributed by atoms with Gasteiger partial charge in [0.1, 0.15) is 6.61 Å². The average Bonchev–Trinajstić information content (AvgIpc) is 2.09. The molecular formula is C8H13O5-. The molecule has 0 N–H and O–H groups in total. The van der Waals surface area contributed by atoms with Gasteiger partial charge in [0.05, 0.1) is 13.0 Å². The van der Waals surface area contributed by atoms with Crippen LogP contribution in [-0.2, 0) is 19.1 Å². The van der Waals surface area contributed by atoms with Gasteiger partial charge in [-0.1, -0.05) is 0 Å². The molecule has 0 bridgehead atoms. The summed E-state index contributed by atoms with van der Waals surface area (Å²) in [5.74, 6) is -1.79. The Bertz CT molecular complexity index is 166. The van der Waals surface area contributed by atoms with E-state index in [-0.39, 0.29) is 19.4 Å². The summed E-state index contributed by atoms with van der Waals surface area (Å²) in [5, 5.41) is 9.94. The maximum Gasteiger partial charge on any atom is 0.306 e. The first kappa shape index (κ1) is 11.9. The van der Waals surface area contributed by atoms with Crippen molar-refractivity contribution in [2.75, 3.05) is 19.8 Å². The van der Waals surface area contributed by atoms with E-state index in [1.807, 2.05) is 6.92 Å². The van der Waals surface area contributed by atoms with Crippen LogP contribution in [0.25, 0.3) is 0 Å². The highest BCUT2D eigenvalue weighted by atomic mass is 16.6. The highest BCUT2D eigenvalue weighted by Crippen LogP contribution is 1.91. The second-order valence-electron chi connectivity index (χ2n) is 2.29. The van der Waals surface area contributed by atoms with Crippen molar-refractivity contribution in [3.05, 3.63) is 0 Å². The Morgan fingerprint density at radius 2 is 1.92 bits per heavy atom. The second kappa shape index (κ2) is 7.54. The van der Waals surface area contributed by atoms with E-state index in [1.165, 1.54) is 0 Å². The van der Waals surface area contributed by atoms with Crippen LogP contribution in [0.15, 0.2) is 0 Å². The number of carbonyl (C=O) groups is 2. The summed E-state index contributed by atoms with van der Waals surface area (Å²) in [5.41, 5.74) is 0. The van der Waals surface area contributed by atoms with E-state index in [2.05, 4.69) is 4.74 Å². The molecule has 0 aromatic carbocycles. The topological polar surface area (TPSA) is 75.7 Å². The Hall–Kier alpha value is -1.10. The van der Waals surface area contributed by atoms with E-state index in [0.29, 0.717) is 13.2 Å². The van der Waals surface area contributed by atoms with Crippen molar-refractivity contribution in [2.24, 2.45) is 0 Å². The maximum absolute atomic E-state index is 10.7. The molecule has 0 radical (unpaired) electrons. The van der Waals surface area contributed by atoms with E-state index < -0.39 is 11.9 Å². The minimum absolute atomic E-state index is 0.144. The first-order chi connectivity index (χ1) is 6.16. The summed E-state index contributed by atoms with van der Waals surface area (Å²) in [6.07, 6.45) is -0.443. The highest BCUT2D eigenvalue weighted by Gasteiger charge is 2.01. The third-order valence-electron chi connectivity index (χ3n) is 1.23. The third-order valence-corrected chi connectivity index (χ3v) is 1.23. The fourth-order valence-electron chi connectivity index (χ4n) is 0.635. The van der Waals surface area contributed by atoms with Crippen LogP contribution < -0.4 is 5.11 Å². The van der Waals surface area contributed by atoms with Gasteiger partial charge in [0, 0.05) is 12.6 Å². The molecule has 0 rings (SSSR count). The van der Waals surface area contributed by atoms with Crippen LogP contribution in [-0.4, -0.2) is 31.8 Å². The zero-order valence-electron chi connectivity index (χ0n) is 7.58. The van der Waals surface area contributed by atoms with Gasteiger partial charge in [-0.15, -0.1) is 0 Å². The fraction of sp³-hybridized carbons (Fsp3) is 0.750. The van der Waals surface area contributed by atoms with Crippen LogP contribution in [0.4, 0.5) is 0 Å². The maximum atomic E-state index is 10.7. The largest absolute Gasteiger partial charge is 0.550 e. The Morgan fingerprint density at radius 1 is 1.23 bits per heavy atom. The van der Waals surface area contributed by atoms with Gasteiger partial charge >= 0.3 is 5.97 Å². The Morgan fingerprint density at radius 3 is 2.46 bits per heavy atom. The number of carboxylic acid groups (broad SMARTS) is 1. The minimum atomic E-state index is -1.25. The molecule has 0 heterocycles. The Kier molecular flexibility index (Phi) is 6.91. The molecule has 5 nitrogen and oxygen atoms in total. The quantitative estimate of drug-likeness (QED) is 0.383. The number of hydrogen-bond donors (Lipinski definition) is 0. The normalized spacial score (nSPS) is 9.62. The summed E-state index contributed by atoms with van der Waals surface area (Å²) < 4.78 is 9.54. The zero-order valence-corrected chi connectivity index (χ0v) is 7.58. The summed E-state index contributed by atoms with van der Waals surface area (Å²) in [4.78, 5) is 20.7. The minimum Gasteiger partial charge on any atom is -0.550 e. The van der Waals surface area contributed by atoms with Crippen LogP contribution in [0.5, 0.6) is 0 Å². The summed E-state index contributed by atoms with van der Waals surface area (Å²) in [6, 6.07) is 0. The van der Waals surface area contributed by atoms with Crippen molar-refractivity contribution in [2.45, 2.75) is 19.8 Å². The molecule has 0 saturated heterocycles. The van der Waals surface area contributed by atoms with Crippen molar-refractivity contribution in [3.8, 4) is 0 Å². The summed E-state index contributed by atoms with van der Waals surface area (Å²) >= 11 is 0. The predicted molar refractivity (Wildman–Crippen MR) is 41.7 cm³/mol. The monoisotopic (exact) mass is 189 g/mol. The number of carboxylic acids is 1. The molecule has 0 unspecified atom stereocenters. The first-order valence-electron chi connectivity index (χ1n) is 4.10. The number of aliphatic carboxylic acids is 1. The van der Waals surface area contributed by atoms with Crippen molar-refractivity contribution in [1.82, 2.24) is 0 Å². The molecule has 0 aliphatic heterocycles. The summed E-state index contributed by atoms with van der Waals surface area (Å²) in [6.45, 7) is 2.90. The molecule has 0 aromatic rings. The molecule has 0 amide bonds. The number of rotatable bonds is 7. The van der Waals surface area contributed by atoms with E-state index >= 15 is 0 Å². The van der Waals surface area contributed by atoms with Crippen LogP contribution in [0.3, 0.4) is 0 Å². The number of ether oxygens (including phenoxy) is 2. The molecular weight excluding hydrogens is 176 g/mol. The van der Waals surface area contributed by atoms with Crippen LogP contribution in [0.2, 0.25) is 0 Å². The van der Waals surface area contributed by atoms with Crippen LogP contribution in [0.1, 0.15) is 19.8 Å². The molecule has 76 valence electrons. The molecule has 0 fully saturated rings. The lowest BCUT2D eigenvalue weighted by molar-refractivity contribution is -0.305. The van der Waals surface area contributed by atoms with Crippen molar-refractivity contribution in [3.63, 3.8) is 0 Å². The third kappa shape index (κ3) is 8.81.